The highest BCUT2D eigenvalue weighted by Crippen LogP contribution is 2.20. The fourth-order valence-corrected chi connectivity index (χ4v) is 3.39. The predicted octanol–water partition coefficient (Wildman–Crippen LogP) is 2.83. The zero-order valence-electron chi connectivity index (χ0n) is 15.3. The van der Waals surface area contributed by atoms with Crippen molar-refractivity contribution in [2.24, 2.45) is 0 Å². The highest BCUT2D eigenvalue weighted by atomic mass is 35.5. The number of carbonyl (C=O) groups is 2. The van der Waals surface area contributed by atoms with E-state index in [0.29, 0.717) is 30.3 Å². The molecule has 1 saturated heterocycles. The van der Waals surface area contributed by atoms with Crippen LogP contribution in [0.15, 0.2) is 48.7 Å². The number of aromatic nitrogens is 1. The molecule has 142 valence electrons. The molecule has 0 aliphatic carbocycles. The highest BCUT2D eigenvalue weighted by Gasteiger charge is 2.23. The number of benzene rings is 1. The summed E-state index contributed by atoms with van der Waals surface area (Å²) in [6.07, 6.45) is 2.06. The second-order valence-corrected chi connectivity index (χ2v) is 6.89. The molecule has 6 nitrogen and oxygen atoms in total. The fraction of sp³-hybridized carbons (Fsp3) is 0.350. The Labute approximate surface area is 164 Å². The Hall–Kier alpha value is -2.60. The number of pyridine rings is 1. The Kier molecular flexibility index (Phi) is 6.29. The lowest BCUT2D eigenvalue weighted by Gasteiger charge is -2.35. The molecule has 0 radical (unpaired) electrons. The molecule has 2 amide bonds. The number of amides is 2. The van der Waals surface area contributed by atoms with E-state index in [9.17, 15) is 9.59 Å². The Morgan fingerprint density at radius 1 is 1.11 bits per heavy atom. The van der Waals surface area contributed by atoms with Crippen molar-refractivity contribution in [3.63, 3.8) is 0 Å². The first-order chi connectivity index (χ1) is 13.0. The van der Waals surface area contributed by atoms with Gasteiger partial charge < -0.3 is 14.7 Å². The van der Waals surface area contributed by atoms with Crippen LogP contribution in [0, 0.1) is 0 Å². The molecule has 0 bridgehead atoms. The summed E-state index contributed by atoms with van der Waals surface area (Å²) in [4.78, 5) is 34.6. The summed E-state index contributed by atoms with van der Waals surface area (Å²) < 4.78 is 0. The van der Waals surface area contributed by atoms with Gasteiger partial charge in [-0.3, -0.25) is 9.59 Å². The van der Waals surface area contributed by atoms with Gasteiger partial charge in [-0.05, 0) is 30.3 Å². The molecule has 27 heavy (non-hydrogen) atoms. The predicted molar refractivity (Wildman–Crippen MR) is 107 cm³/mol. The normalized spacial score (nSPS) is 14.1. The summed E-state index contributed by atoms with van der Waals surface area (Å²) in [5.41, 5.74) is 0.711. The van der Waals surface area contributed by atoms with Gasteiger partial charge in [0.15, 0.2) is 0 Å². The first-order valence-electron chi connectivity index (χ1n) is 9.02. The first-order valence-corrected chi connectivity index (χ1v) is 9.40. The van der Waals surface area contributed by atoms with Gasteiger partial charge in [-0.2, -0.15) is 0 Å². The zero-order chi connectivity index (χ0) is 19.2. The van der Waals surface area contributed by atoms with Crippen molar-refractivity contribution in [1.82, 2.24) is 9.88 Å². The largest absolute Gasteiger partial charge is 0.353 e. The van der Waals surface area contributed by atoms with E-state index < -0.39 is 0 Å². The molecule has 1 aliphatic heterocycles. The van der Waals surface area contributed by atoms with Gasteiger partial charge in [0.1, 0.15) is 5.82 Å². The number of hydrogen-bond acceptors (Lipinski definition) is 4. The SMILES string of the molecule is CC(=O)N(CCC(=O)N1CCN(c2ccccn2)CC1)c1cccc(Cl)c1. The van der Waals surface area contributed by atoms with Crippen LogP contribution in [0.25, 0.3) is 0 Å². The smallest absolute Gasteiger partial charge is 0.224 e. The van der Waals surface area contributed by atoms with Crippen molar-refractivity contribution >= 4 is 34.9 Å². The first kappa shape index (κ1) is 19.2. The molecule has 7 heteroatoms. The van der Waals surface area contributed by atoms with Crippen molar-refractivity contribution < 1.29 is 9.59 Å². The molecule has 0 spiro atoms. The van der Waals surface area contributed by atoms with Crippen LogP contribution in [-0.4, -0.2) is 54.4 Å². The van der Waals surface area contributed by atoms with Gasteiger partial charge in [-0.1, -0.05) is 23.7 Å². The average molecular weight is 387 g/mol. The Morgan fingerprint density at radius 2 is 1.89 bits per heavy atom. The minimum Gasteiger partial charge on any atom is -0.353 e. The lowest BCUT2D eigenvalue weighted by molar-refractivity contribution is -0.131. The maximum absolute atomic E-state index is 12.6. The van der Waals surface area contributed by atoms with Crippen LogP contribution >= 0.6 is 11.6 Å². The molecule has 1 aromatic carbocycles. The summed E-state index contributed by atoms with van der Waals surface area (Å²) >= 11 is 6.02. The molecular formula is C20H23ClN4O2. The average Bonchev–Trinajstić information content (AvgIpc) is 2.68. The Balaban J connectivity index is 1.54. The third-order valence-corrected chi connectivity index (χ3v) is 4.89. The molecule has 2 heterocycles. The van der Waals surface area contributed by atoms with Gasteiger partial charge in [0.25, 0.3) is 0 Å². The van der Waals surface area contributed by atoms with Gasteiger partial charge in [-0.15, -0.1) is 0 Å². The summed E-state index contributed by atoms with van der Waals surface area (Å²) in [6, 6.07) is 13.0. The third kappa shape index (κ3) is 4.98. The van der Waals surface area contributed by atoms with E-state index in [1.165, 1.54) is 6.92 Å². The topological polar surface area (TPSA) is 56.8 Å². The number of halogens is 1. The van der Waals surface area contributed by atoms with Crippen molar-refractivity contribution in [2.45, 2.75) is 13.3 Å². The quantitative estimate of drug-likeness (QED) is 0.792. The van der Waals surface area contributed by atoms with Gasteiger partial charge >= 0.3 is 0 Å². The summed E-state index contributed by atoms with van der Waals surface area (Å²) in [6.45, 7) is 4.67. The van der Waals surface area contributed by atoms with E-state index in [1.807, 2.05) is 29.2 Å². The summed E-state index contributed by atoms with van der Waals surface area (Å²) in [5.74, 6) is 0.891. The van der Waals surface area contributed by atoms with E-state index in [0.717, 1.165) is 18.9 Å². The van der Waals surface area contributed by atoms with Crippen molar-refractivity contribution in [3.8, 4) is 0 Å². The number of anilines is 2. The number of hydrogen-bond donors (Lipinski definition) is 0. The molecule has 1 fully saturated rings. The summed E-state index contributed by atoms with van der Waals surface area (Å²) in [5, 5.41) is 0.565. The van der Waals surface area contributed by atoms with Gasteiger partial charge in [0.2, 0.25) is 11.8 Å². The Morgan fingerprint density at radius 3 is 2.52 bits per heavy atom. The maximum atomic E-state index is 12.6. The second-order valence-electron chi connectivity index (χ2n) is 6.46. The molecular weight excluding hydrogens is 364 g/mol. The van der Waals surface area contributed by atoms with Gasteiger partial charge in [-0.25, -0.2) is 4.98 Å². The van der Waals surface area contributed by atoms with E-state index in [2.05, 4.69) is 9.88 Å². The molecule has 1 aliphatic rings. The van der Waals surface area contributed by atoms with Crippen LogP contribution in [0.2, 0.25) is 5.02 Å². The number of carbonyl (C=O) groups excluding carboxylic acids is 2. The van der Waals surface area contributed by atoms with Crippen LogP contribution in [-0.2, 0) is 9.59 Å². The van der Waals surface area contributed by atoms with Gasteiger partial charge in [0.05, 0.1) is 0 Å². The summed E-state index contributed by atoms with van der Waals surface area (Å²) in [7, 11) is 0. The number of rotatable bonds is 5. The molecule has 3 rings (SSSR count). The Bertz CT molecular complexity index is 792. The van der Waals surface area contributed by atoms with Crippen LogP contribution in [0.5, 0.6) is 0 Å². The minimum absolute atomic E-state index is 0.0592. The number of nitrogens with zero attached hydrogens (tertiary/aromatic N) is 4. The second kappa shape index (κ2) is 8.86. The molecule has 0 unspecified atom stereocenters. The van der Waals surface area contributed by atoms with Crippen molar-refractivity contribution in [3.05, 3.63) is 53.7 Å². The van der Waals surface area contributed by atoms with Crippen LogP contribution < -0.4 is 9.80 Å². The minimum atomic E-state index is -0.106. The fourth-order valence-electron chi connectivity index (χ4n) is 3.20. The molecule has 0 saturated carbocycles. The molecule has 2 aromatic rings. The molecule has 1 aromatic heterocycles. The van der Waals surface area contributed by atoms with E-state index in [1.54, 1.807) is 29.3 Å². The molecule has 0 N–H and O–H groups in total. The van der Waals surface area contributed by atoms with Crippen LogP contribution in [0.4, 0.5) is 11.5 Å². The van der Waals surface area contributed by atoms with Gasteiger partial charge in [0, 0.05) is 63.0 Å². The number of piperazine rings is 1. The maximum Gasteiger partial charge on any atom is 0.224 e. The van der Waals surface area contributed by atoms with Crippen molar-refractivity contribution in [1.29, 1.82) is 0 Å². The molecule has 0 atom stereocenters. The van der Waals surface area contributed by atoms with Crippen LogP contribution in [0.3, 0.4) is 0 Å². The monoisotopic (exact) mass is 386 g/mol. The highest BCUT2D eigenvalue weighted by molar-refractivity contribution is 6.30. The van der Waals surface area contributed by atoms with E-state index in [-0.39, 0.29) is 18.2 Å². The van der Waals surface area contributed by atoms with E-state index in [4.69, 9.17) is 11.6 Å². The van der Waals surface area contributed by atoms with Crippen LogP contribution in [0.1, 0.15) is 13.3 Å². The lowest BCUT2D eigenvalue weighted by atomic mass is 10.2. The zero-order valence-corrected chi connectivity index (χ0v) is 16.1. The van der Waals surface area contributed by atoms with Crippen molar-refractivity contribution in [2.75, 3.05) is 42.5 Å². The standard InChI is InChI=1S/C20H23ClN4O2/c1-16(26)25(18-6-4-5-17(21)15-18)10-8-20(27)24-13-11-23(12-14-24)19-7-2-3-9-22-19/h2-7,9,15H,8,10-14H2,1H3. The third-order valence-electron chi connectivity index (χ3n) is 4.65. The lowest BCUT2D eigenvalue weighted by Crippen LogP contribution is -2.49. The van der Waals surface area contributed by atoms with E-state index >= 15 is 0 Å².